The van der Waals surface area contributed by atoms with Gasteiger partial charge in [-0.2, -0.15) is 4.37 Å². The predicted molar refractivity (Wildman–Crippen MR) is 78.4 cm³/mol. The molecule has 0 radical (unpaired) electrons. The Kier molecular flexibility index (Phi) is 3.63. The second-order valence-corrected chi connectivity index (χ2v) is 6.02. The van der Waals surface area contributed by atoms with Crippen LogP contribution in [-0.2, 0) is 0 Å². The van der Waals surface area contributed by atoms with Gasteiger partial charge in [-0.15, -0.1) is 0 Å². The van der Waals surface area contributed by atoms with Gasteiger partial charge < -0.3 is 5.11 Å². The van der Waals surface area contributed by atoms with E-state index in [4.69, 9.17) is 0 Å². The van der Waals surface area contributed by atoms with Gasteiger partial charge in [-0.3, -0.25) is 14.7 Å². The van der Waals surface area contributed by atoms with Crippen LogP contribution < -0.4 is 9.77 Å². The number of hydrogen-bond donors (Lipinski definition) is 2. The Morgan fingerprint density at radius 2 is 1.90 bits per heavy atom. The van der Waals surface area contributed by atoms with E-state index in [0.717, 1.165) is 17.1 Å². The first kappa shape index (κ1) is 14.3. The molecule has 1 aromatic carbocycles. The molecule has 1 amide bonds. The van der Waals surface area contributed by atoms with Crippen molar-refractivity contribution in [1.82, 2.24) is 9.36 Å². The molecule has 0 aliphatic heterocycles. The van der Waals surface area contributed by atoms with Crippen molar-refractivity contribution in [3.05, 3.63) is 33.9 Å². The first-order valence-electron chi connectivity index (χ1n) is 5.98. The number of benzene rings is 1. The number of aromatic amines is 1. The summed E-state index contributed by atoms with van der Waals surface area (Å²) in [6, 6.07) is 6.88. The fourth-order valence-electron chi connectivity index (χ4n) is 1.91. The fraction of sp³-hybridized carbons (Fsp3) is 0.308. The lowest BCUT2D eigenvalue weighted by atomic mass is 10.0. The van der Waals surface area contributed by atoms with Gasteiger partial charge in [0.1, 0.15) is 0 Å². The molecule has 6 nitrogen and oxygen atoms in total. The predicted octanol–water partition coefficient (Wildman–Crippen LogP) is 2.78. The third-order valence-electron chi connectivity index (χ3n) is 2.70. The Balaban J connectivity index is 2.36. The zero-order valence-electron chi connectivity index (χ0n) is 11.4. The molecule has 0 saturated carbocycles. The van der Waals surface area contributed by atoms with Crippen LogP contribution in [0.4, 0.5) is 10.5 Å². The van der Waals surface area contributed by atoms with Gasteiger partial charge in [0.2, 0.25) is 0 Å². The van der Waals surface area contributed by atoms with Gasteiger partial charge in [-0.1, -0.05) is 0 Å². The number of aromatic nitrogens is 2. The van der Waals surface area contributed by atoms with Gasteiger partial charge in [0, 0.05) is 28.3 Å². The zero-order valence-corrected chi connectivity index (χ0v) is 12.2. The number of hydrogen-bond acceptors (Lipinski definition) is 4. The summed E-state index contributed by atoms with van der Waals surface area (Å²) in [5, 5.41) is 9.32. The third kappa shape index (κ3) is 2.88. The average molecular weight is 293 g/mol. The van der Waals surface area contributed by atoms with E-state index in [1.54, 1.807) is 24.3 Å². The molecular formula is C13H15N3O3S. The molecule has 0 atom stereocenters. The van der Waals surface area contributed by atoms with Crippen molar-refractivity contribution in [3.63, 3.8) is 0 Å². The van der Waals surface area contributed by atoms with Crippen LogP contribution in [0.15, 0.2) is 29.1 Å². The van der Waals surface area contributed by atoms with Crippen molar-refractivity contribution in [2.24, 2.45) is 0 Å². The fourth-order valence-corrected chi connectivity index (χ4v) is 2.37. The second kappa shape index (κ2) is 5.09. The van der Waals surface area contributed by atoms with Crippen LogP contribution in [0.5, 0.6) is 0 Å². The Hall–Kier alpha value is -2.15. The van der Waals surface area contributed by atoms with Gasteiger partial charge in [0.25, 0.3) is 0 Å². The molecule has 1 aromatic heterocycles. The van der Waals surface area contributed by atoms with Crippen LogP contribution in [0, 0.1) is 0 Å². The number of nitrogens with zero attached hydrogens (tertiary/aromatic N) is 2. The van der Waals surface area contributed by atoms with Gasteiger partial charge in [-0.25, -0.2) is 4.79 Å². The quantitative estimate of drug-likeness (QED) is 0.891. The number of rotatable bonds is 2. The Labute approximate surface area is 119 Å². The molecular weight excluding hydrogens is 278 g/mol. The van der Waals surface area contributed by atoms with E-state index >= 15 is 0 Å². The summed E-state index contributed by atoms with van der Waals surface area (Å²) in [5.74, 6) is 0.490. The minimum atomic E-state index is -1.01. The number of amides is 1. The van der Waals surface area contributed by atoms with Crippen molar-refractivity contribution in [3.8, 4) is 11.4 Å². The number of anilines is 1. The van der Waals surface area contributed by atoms with Crippen LogP contribution in [-0.4, -0.2) is 26.1 Å². The van der Waals surface area contributed by atoms with Crippen LogP contribution >= 0.6 is 11.5 Å². The largest absolute Gasteiger partial charge is 0.465 e. The highest BCUT2D eigenvalue weighted by atomic mass is 32.1. The molecule has 0 saturated heterocycles. The summed E-state index contributed by atoms with van der Waals surface area (Å²) in [6.07, 6.45) is -1.01. The molecule has 0 spiro atoms. The molecule has 1 heterocycles. The lowest BCUT2D eigenvalue weighted by Crippen LogP contribution is -2.45. The molecule has 2 N–H and O–H groups in total. The number of carbonyl (C=O) groups is 1. The molecule has 20 heavy (non-hydrogen) atoms. The highest BCUT2D eigenvalue weighted by Gasteiger charge is 2.27. The SMILES string of the molecule is CC(C)(C)N(C(=O)O)c1ccc(-c2nsc(=O)[nH]2)cc1. The van der Waals surface area contributed by atoms with Crippen LogP contribution in [0.3, 0.4) is 0 Å². The van der Waals surface area contributed by atoms with Crippen LogP contribution in [0.25, 0.3) is 11.4 Å². The van der Waals surface area contributed by atoms with Gasteiger partial charge >= 0.3 is 11.0 Å². The van der Waals surface area contributed by atoms with E-state index in [0.29, 0.717) is 11.5 Å². The van der Waals surface area contributed by atoms with E-state index in [2.05, 4.69) is 9.36 Å². The normalized spacial score (nSPS) is 11.3. The van der Waals surface area contributed by atoms with Gasteiger partial charge in [-0.05, 0) is 45.0 Å². The van der Waals surface area contributed by atoms with Crippen molar-refractivity contribution in [2.45, 2.75) is 26.3 Å². The highest BCUT2D eigenvalue weighted by Crippen LogP contribution is 2.26. The molecule has 0 aliphatic carbocycles. The molecule has 0 aliphatic rings. The Morgan fingerprint density at radius 1 is 1.30 bits per heavy atom. The smallest absolute Gasteiger partial charge is 0.412 e. The number of nitrogens with one attached hydrogen (secondary N) is 1. The van der Waals surface area contributed by atoms with Crippen LogP contribution in [0.1, 0.15) is 20.8 Å². The summed E-state index contributed by atoms with van der Waals surface area (Å²) < 4.78 is 3.99. The topological polar surface area (TPSA) is 86.3 Å². The summed E-state index contributed by atoms with van der Waals surface area (Å²) in [7, 11) is 0. The molecule has 106 valence electrons. The second-order valence-electron chi connectivity index (χ2n) is 5.28. The molecule has 7 heteroatoms. The minimum Gasteiger partial charge on any atom is -0.465 e. The highest BCUT2D eigenvalue weighted by molar-refractivity contribution is 7.03. The maximum Gasteiger partial charge on any atom is 0.412 e. The molecule has 0 unspecified atom stereocenters. The van der Waals surface area contributed by atoms with E-state index in [-0.39, 0.29) is 4.87 Å². The van der Waals surface area contributed by atoms with Crippen molar-refractivity contribution >= 4 is 23.3 Å². The van der Waals surface area contributed by atoms with Gasteiger partial charge in [0.05, 0.1) is 0 Å². The Bertz CT molecular complexity index is 667. The first-order chi connectivity index (χ1) is 9.29. The lowest BCUT2D eigenvalue weighted by Gasteiger charge is -2.33. The van der Waals surface area contributed by atoms with E-state index < -0.39 is 11.6 Å². The third-order valence-corrected chi connectivity index (χ3v) is 3.24. The maximum absolute atomic E-state index is 11.4. The van der Waals surface area contributed by atoms with Crippen LogP contribution in [0.2, 0.25) is 0 Å². The van der Waals surface area contributed by atoms with Crippen molar-refractivity contribution in [1.29, 1.82) is 0 Å². The van der Waals surface area contributed by atoms with E-state index in [1.807, 2.05) is 20.8 Å². The van der Waals surface area contributed by atoms with Crippen molar-refractivity contribution in [2.75, 3.05) is 4.90 Å². The number of H-pyrrole nitrogens is 1. The molecule has 2 aromatic rings. The zero-order chi connectivity index (χ0) is 14.9. The lowest BCUT2D eigenvalue weighted by molar-refractivity contribution is 0.195. The summed E-state index contributed by atoms with van der Waals surface area (Å²) in [6.45, 7) is 5.48. The molecule has 0 bridgehead atoms. The molecule has 2 rings (SSSR count). The Morgan fingerprint density at radius 3 is 2.30 bits per heavy atom. The maximum atomic E-state index is 11.4. The van der Waals surface area contributed by atoms with E-state index in [1.165, 1.54) is 4.90 Å². The monoisotopic (exact) mass is 293 g/mol. The molecule has 0 fully saturated rings. The van der Waals surface area contributed by atoms with Gasteiger partial charge in [0.15, 0.2) is 5.82 Å². The standard InChI is InChI=1S/C13H15N3O3S/c1-13(2,3)16(12(18)19)9-6-4-8(5-7-9)10-14-11(17)20-15-10/h4-7H,1-3H3,(H,18,19)(H,14,15,17). The number of carboxylic acid groups (broad SMARTS) is 1. The average Bonchev–Trinajstić information content (AvgIpc) is 2.74. The minimum absolute atomic E-state index is 0.217. The first-order valence-corrected chi connectivity index (χ1v) is 6.76. The van der Waals surface area contributed by atoms with Crippen molar-refractivity contribution < 1.29 is 9.90 Å². The van der Waals surface area contributed by atoms with E-state index in [9.17, 15) is 14.7 Å². The summed E-state index contributed by atoms with van der Waals surface area (Å²) in [5.41, 5.74) is 0.778. The summed E-state index contributed by atoms with van der Waals surface area (Å²) >= 11 is 0.853. The summed E-state index contributed by atoms with van der Waals surface area (Å²) in [4.78, 5) is 26.1.